The van der Waals surface area contributed by atoms with E-state index in [0.29, 0.717) is 6.04 Å². The Labute approximate surface area is 108 Å². The van der Waals surface area contributed by atoms with Gasteiger partial charge in [0.1, 0.15) is 0 Å². The van der Waals surface area contributed by atoms with Crippen molar-refractivity contribution in [2.75, 3.05) is 26.2 Å². The molecule has 2 nitrogen and oxygen atoms in total. The highest BCUT2D eigenvalue weighted by atomic mass is 15.1. The highest BCUT2D eigenvalue weighted by Gasteiger charge is 2.23. The van der Waals surface area contributed by atoms with E-state index in [1.54, 1.807) is 0 Å². The molecule has 1 aliphatic rings. The van der Waals surface area contributed by atoms with Crippen LogP contribution in [0.15, 0.2) is 0 Å². The molecule has 1 rings (SSSR count). The Kier molecular flexibility index (Phi) is 7.87. The fourth-order valence-electron chi connectivity index (χ4n) is 2.51. The molecule has 0 heterocycles. The number of unbranched alkanes of at least 4 members (excludes halogenated alkanes) is 1. The van der Waals surface area contributed by atoms with Gasteiger partial charge in [0.2, 0.25) is 0 Å². The van der Waals surface area contributed by atoms with Gasteiger partial charge in [0.15, 0.2) is 0 Å². The molecule has 1 aliphatic carbocycles. The largest absolute Gasteiger partial charge is 0.315 e. The van der Waals surface area contributed by atoms with Crippen molar-refractivity contribution in [1.29, 1.82) is 0 Å². The van der Waals surface area contributed by atoms with E-state index in [2.05, 4.69) is 31.0 Å². The van der Waals surface area contributed by atoms with Crippen LogP contribution in [-0.4, -0.2) is 37.1 Å². The van der Waals surface area contributed by atoms with E-state index in [1.165, 1.54) is 58.2 Å². The van der Waals surface area contributed by atoms with Gasteiger partial charge in [-0.3, -0.25) is 0 Å². The quantitative estimate of drug-likeness (QED) is 0.558. The second-order valence-electron chi connectivity index (χ2n) is 5.70. The Hall–Kier alpha value is -0.0800. The van der Waals surface area contributed by atoms with Gasteiger partial charge in [-0.2, -0.15) is 0 Å². The van der Waals surface area contributed by atoms with Gasteiger partial charge in [-0.05, 0) is 64.6 Å². The van der Waals surface area contributed by atoms with Crippen molar-refractivity contribution in [2.24, 2.45) is 5.92 Å². The summed E-state index contributed by atoms with van der Waals surface area (Å²) in [6, 6.07) is 0.697. The zero-order valence-corrected chi connectivity index (χ0v) is 12.2. The van der Waals surface area contributed by atoms with Gasteiger partial charge in [-0.1, -0.05) is 20.3 Å². The molecule has 0 aromatic carbocycles. The molecule has 0 radical (unpaired) electrons. The third-order valence-corrected chi connectivity index (χ3v) is 3.67. The Bertz CT molecular complexity index is 178. The molecule has 0 aromatic heterocycles. The average molecular weight is 240 g/mol. The van der Waals surface area contributed by atoms with Gasteiger partial charge in [-0.15, -0.1) is 0 Å². The summed E-state index contributed by atoms with van der Waals surface area (Å²) >= 11 is 0. The van der Waals surface area contributed by atoms with Crippen LogP contribution in [0.1, 0.15) is 59.3 Å². The van der Waals surface area contributed by atoms with E-state index < -0.39 is 0 Å². The van der Waals surface area contributed by atoms with Crippen molar-refractivity contribution in [1.82, 2.24) is 10.2 Å². The summed E-state index contributed by atoms with van der Waals surface area (Å²) in [7, 11) is 0. The lowest BCUT2D eigenvalue weighted by molar-refractivity contribution is 0.256. The lowest BCUT2D eigenvalue weighted by atomic mass is 10.1. The fraction of sp³-hybridized carbons (Fsp3) is 1.00. The molecule has 1 unspecified atom stereocenters. The minimum Gasteiger partial charge on any atom is -0.315 e. The maximum atomic E-state index is 3.49. The van der Waals surface area contributed by atoms with E-state index in [9.17, 15) is 0 Å². The van der Waals surface area contributed by atoms with Gasteiger partial charge in [0, 0.05) is 12.6 Å². The van der Waals surface area contributed by atoms with Crippen LogP contribution in [0.4, 0.5) is 0 Å². The summed E-state index contributed by atoms with van der Waals surface area (Å²) < 4.78 is 0. The molecule has 102 valence electrons. The molecule has 1 N–H and O–H groups in total. The Morgan fingerprint density at radius 3 is 2.53 bits per heavy atom. The predicted octanol–water partition coefficient (Wildman–Crippen LogP) is 3.28. The Morgan fingerprint density at radius 2 is 1.94 bits per heavy atom. The van der Waals surface area contributed by atoms with Crippen LogP contribution in [0, 0.1) is 5.92 Å². The summed E-state index contributed by atoms with van der Waals surface area (Å²) in [6.07, 6.45) is 8.36. The van der Waals surface area contributed by atoms with Gasteiger partial charge in [0.05, 0.1) is 0 Å². The number of rotatable bonds is 11. The first-order valence-corrected chi connectivity index (χ1v) is 7.72. The van der Waals surface area contributed by atoms with Crippen LogP contribution in [0.2, 0.25) is 0 Å². The number of nitrogens with zero attached hydrogens (tertiary/aromatic N) is 1. The summed E-state index contributed by atoms with van der Waals surface area (Å²) in [5, 5.41) is 3.49. The zero-order valence-electron chi connectivity index (χ0n) is 12.2. The first-order chi connectivity index (χ1) is 8.26. The van der Waals surface area contributed by atoms with Gasteiger partial charge in [-0.25, -0.2) is 0 Å². The fourth-order valence-corrected chi connectivity index (χ4v) is 2.51. The lowest BCUT2D eigenvalue weighted by Gasteiger charge is -2.21. The van der Waals surface area contributed by atoms with Crippen molar-refractivity contribution >= 4 is 0 Å². The molecule has 0 aliphatic heterocycles. The second-order valence-corrected chi connectivity index (χ2v) is 5.70. The number of hydrogen-bond donors (Lipinski definition) is 1. The second kappa shape index (κ2) is 8.93. The molecule has 0 saturated heterocycles. The first kappa shape index (κ1) is 15.0. The van der Waals surface area contributed by atoms with E-state index >= 15 is 0 Å². The Balaban J connectivity index is 2.00. The van der Waals surface area contributed by atoms with E-state index in [4.69, 9.17) is 0 Å². The average Bonchev–Trinajstić information content (AvgIpc) is 3.09. The topological polar surface area (TPSA) is 15.3 Å². The van der Waals surface area contributed by atoms with Crippen molar-refractivity contribution in [3.05, 3.63) is 0 Å². The normalized spacial score (nSPS) is 17.6. The predicted molar refractivity (Wildman–Crippen MR) is 76.4 cm³/mol. The maximum absolute atomic E-state index is 3.49. The molecule has 0 amide bonds. The Morgan fingerprint density at radius 1 is 1.18 bits per heavy atom. The first-order valence-electron chi connectivity index (χ1n) is 7.72. The monoisotopic (exact) mass is 240 g/mol. The highest BCUT2D eigenvalue weighted by molar-refractivity contribution is 4.77. The highest BCUT2D eigenvalue weighted by Crippen LogP contribution is 2.29. The minimum absolute atomic E-state index is 0.697. The molecule has 0 bridgehead atoms. The smallest absolute Gasteiger partial charge is 0.00386 e. The molecule has 2 heteroatoms. The zero-order chi connectivity index (χ0) is 12.5. The van der Waals surface area contributed by atoms with Crippen molar-refractivity contribution in [3.8, 4) is 0 Å². The van der Waals surface area contributed by atoms with Crippen LogP contribution in [0.25, 0.3) is 0 Å². The van der Waals surface area contributed by atoms with Crippen LogP contribution in [0.3, 0.4) is 0 Å². The molecule has 0 spiro atoms. The number of nitrogens with one attached hydrogen (secondary N) is 1. The molecular formula is C15H32N2. The molecule has 0 aromatic rings. The van der Waals surface area contributed by atoms with Crippen molar-refractivity contribution in [3.63, 3.8) is 0 Å². The van der Waals surface area contributed by atoms with E-state index in [1.807, 2.05) is 0 Å². The standard InChI is InChI=1S/C15H32N2/c1-4-11-17(13-15-9-10-15)12-7-6-8-14(3)16-5-2/h14-16H,4-13H2,1-3H3. The summed E-state index contributed by atoms with van der Waals surface area (Å²) in [4.78, 5) is 2.69. The van der Waals surface area contributed by atoms with Gasteiger partial charge in [0.25, 0.3) is 0 Å². The maximum Gasteiger partial charge on any atom is 0.00386 e. The summed E-state index contributed by atoms with van der Waals surface area (Å²) in [6.45, 7) is 11.9. The van der Waals surface area contributed by atoms with Gasteiger partial charge >= 0.3 is 0 Å². The third-order valence-electron chi connectivity index (χ3n) is 3.67. The summed E-state index contributed by atoms with van der Waals surface area (Å²) in [5.74, 6) is 1.04. The summed E-state index contributed by atoms with van der Waals surface area (Å²) in [5.41, 5.74) is 0. The lowest BCUT2D eigenvalue weighted by Crippen LogP contribution is -2.29. The van der Waals surface area contributed by atoms with Crippen LogP contribution >= 0.6 is 0 Å². The SMILES string of the molecule is CCCN(CCCCC(C)NCC)CC1CC1. The molecule has 1 saturated carbocycles. The van der Waals surface area contributed by atoms with E-state index in [0.717, 1.165) is 12.5 Å². The molecule has 1 fully saturated rings. The van der Waals surface area contributed by atoms with Crippen molar-refractivity contribution in [2.45, 2.75) is 65.3 Å². The van der Waals surface area contributed by atoms with Crippen LogP contribution in [-0.2, 0) is 0 Å². The van der Waals surface area contributed by atoms with Gasteiger partial charge < -0.3 is 10.2 Å². The van der Waals surface area contributed by atoms with Crippen LogP contribution in [0.5, 0.6) is 0 Å². The van der Waals surface area contributed by atoms with Crippen molar-refractivity contribution < 1.29 is 0 Å². The molecular weight excluding hydrogens is 208 g/mol. The minimum atomic E-state index is 0.697. The van der Waals surface area contributed by atoms with E-state index in [-0.39, 0.29) is 0 Å². The molecule has 1 atom stereocenters. The van der Waals surface area contributed by atoms with Crippen LogP contribution < -0.4 is 5.32 Å². The molecule has 17 heavy (non-hydrogen) atoms. The number of hydrogen-bond acceptors (Lipinski definition) is 2. The third kappa shape index (κ3) is 7.77.